The van der Waals surface area contributed by atoms with Gasteiger partial charge in [0.15, 0.2) is 0 Å². The Kier molecular flexibility index (Phi) is 8.73. The van der Waals surface area contributed by atoms with Gasteiger partial charge in [-0.15, -0.1) is 0 Å². The topological polar surface area (TPSA) is 102 Å². The summed E-state index contributed by atoms with van der Waals surface area (Å²) >= 11 is 6.09. The number of para-hydroxylation sites is 2. The van der Waals surface area contributed by atoms with Gasteiger partial charge < -0.3 is 14.8 Å². The normalized spacial score (nSPS) is 10.9. The van der Waals surface area contributed by atoms with Gasteiger partial charge in [0.05, 0.1) is 34.4 Å². The summed E-state index contributed by atoms with van der Waals surface area (Å²) in [5.41, 5.74) is 0.566. The SMILES string of the molecule is CCOC(=O)c1cc(NC(=O)CN(c2ccccc2OCC)S(=O)(=O)c2ccccc2)ccc1Cl. The van der Waals surface area contributed by atoms with Gasteiger partial charge in [-0.1, -0.05) is 41.9 Å². The number of benzene rings is 3. The van der Waals surface area contributed by atoms with E-state index in [-0.39, 0.29) is 33.5 Å². The fourth-order valence-electron chi connectivity index (χ4n) is 3.26. The zero-order chi connectivity index (χ0) is 25.4. The number of hydrogen-bond donors (Lipinski definition) is 1. The summed E-state index contributed by atoms with van der Waals surface area (Å²) in [7, 11) is -4.12. The molecule has 0 spiro atoms. The zero-order valence-corrected chi connectivity index (χ0v) is 20.8. The number of ether oxygens (including phenoxy) is 2. The van der Waals surface area contributed by atoms with Gasteiger partial charge >= 0.3 is 5.97 Å². The fourth-order valence-corrected chi connectivity index (χ4v) is 4.91. The summed E-state index contributed by atoms with van der Waals surface area (Å²) in [6.07, 6.45) is 0. The van der Waals surface area contributed by atoms with Crippen molar-refractivity contribution in [1.82, 2.24) is 0 Å². The maximum absolute atomic E-state index is 13.5. The van der Waals surface area contributed by atoms with Crippen molar-refractivity contribution in [3.63, 3.8) is 0 Å². The number of hydrogen-bond acceptors (Lipinski definition) is 6. The van der Waals surface area contributed by atoms with Crippen molar-refractivity contribution >= 4 is 44.9 Å². The van der Waals surface area contributed by atoms with Crippen LogP contribution in [-0.4, -0.2) is 40.1 Å². The van der Waals surface area contributed by atoms with Gasteiger partial charge in [-0.2, -0.15) is 0 Å². The highest BCUT2D eigenvalue weighted by Gasteiger charge is 2.29. The molecule has 1 amide bonds. The number of anilines is 2. The molecule has 0 radical (unpaired) electrons. The molecular formula is C25H25ClN2O6S. The molecule has 8 nitrogen and oxygen atoms in total. The summed E-state index contributed by atoms with van der Waals surface area (Å²) in [5.74, 6) is -0.946. The molecule has 0 saturated heterocycles. The quantitative estimate of drug-likeness (QED) is 0.390. The number of carbonyl (C=O) groups excluding carboxylic acids is 2. The Morgan fingerprint density at radius 3 is 2.31 bits per heavy atom. The van der Waals surface area contributed by atoms with E-state index in [0.29, 0.717) is 12.4 Å². The third-order valence-corrected chi connectivity index (χ3v) is 6.90. The minimum absolute atomic E-state index is 0.0233. The lowest BCUT2D eigenvalue weighted by Crippen LogP contribution is -2.38. The maximum atomic E-state index is 13.5. The first-order valence-corrected chi connectivity index (χ1v) is 12.7. The molecule has 3 aromatic carbocycles. The highest BCUT2D eigenvalue weighted by atomic mass is 35.5. The molecule has 0 saturated carbocycles. The van der Waals surface area contributed by atoms with E-state index < -0.39 is 28.4 Å². The Morgan fingerprint density at radius 1 is 0.943 bits per heavy atom. The molecule has 1 N–H and O–H groups in total. The van der Waals surface area contributed by atoms with E-state index in [9.17, 15) is 18.0 Å². The highest BCUT2D eigenvalue weighted by Crippen LogP contribution is 2.32. The molecule has 10 heteroatoms. The average Bonchev–Trinajstić information content (AvgIpc) is 2.85. The summed E-state index contributed by atoms with van der Waals surface area (Å²) in [6, 6.07) is 18.7. The fraction of sp³-hybridized carbons (Fsp3) is 0.200. The molecule has 0 fully saturated rings. The molecule has 0 aliphatic carbocycles. The van der Waals surface area contributed by atoms with Gasteiger partial charge in [0.2, 0.25) is 5.91 Å². The number of nitrogens with one attached hydrogen (secondary N) is 1. The minimum Gasteiger partial charge on any atom is -0.492 e. The molecule has 3 aromatic rings. The lowest BCUT2D eigenvalue weighted by Gasteiger charge is -2.26. The van der Waals surface area contributed by atoms with Crippen molar-refractivity contribution < 1.29 is 27.5 Å². The van der Waals surface area contributed by atoms with Crippen LogP contribution < -0.4 is 14.4 Å². The summed E-state index contributed by atoms with van der Waals surface area (Å²) in [5, 5.41) is 2.80. The van der Waals surface area contributed by atoms with Crippen LogP contribution in [-0.2, 0) is 19.6 Å². The first-order valence-electron chi connectivity index (χ1n) is 10.8. The van der Waals surface area contributed by atoms with E-state index in [1.54, 1.807) is 56.3 Å². The standard InChI is InChI=1S/C25H25ClN2O6S/c1-3-33-23-13-9-8-12-22(23)28(35(31,32)19-10-6-5-7-11-19)17-24(29)27-18-14-15-21(26)20(16-18)25(30)34-4-2/h5-16H,3-4,17H2,1-2H3,(H,27,29). The smallest absolute Gasteiger partial charge is 0.339 e. The second-order valence-corrected chi connectivity index (χ2v) is 9.46. The number of nitrogens with zero attached hydrogens (tertiary/aromatic N) is 1. The van der Waals surface area contributed by atoms with Crippen molar-refractivity contribution in [2.45, 2.75) is 18.7 Å². The van der Waals surface area contributed by atoms with Crippen molar-refractivity contribution in [2.75, 3.05) is 29.4 Å². The van der Waals surface area contributed by atoms with E-state index in [2.05, 4.69) is 5.32 Å². The van der Waals surface area contributed by atoms with Crippen LogP contribution in [0.1, 0.15) is 24.2 Å². The van der Waals surface area contributed by atoms with Crippen molar-refractivity contribution in [1.29, 1.82) is 0 Å². The van der Waals surface area contributed by atoms with Crippen LogP contribution in [0.3, 0.4) is 0 Å². The van der Waals surface area contributed by atoms with Crippen molar-refractivity contribution in [3.05, 3.63) is 83.4 Å². The second-order valence-electron chi connectivity index (χ2n) is 7.19. The zero-order valence-electron chi connectivity index (χ0n) is 19.2. The molecule has 35 heavy (non-hydrogen) atoms. The van der Waals surface area contributed by atoms with Gasteiger partial charge in [-0.25, -0.2) is 13.2 Å². The Labute approximate surface area is 209 Å². The number of halogens is 1. The Morgan fingerprint density at radius 2 is 1.63 bits per heavy atom. The van der Waals surface area contributed by atoms with Gasteiger partial charge in [-0.3, -0.25) is 9.10 Å². The van der Waals surface area contributed by atoms with Crippen LogP contribution >= 0.6 is 11.6 Å². The molecule has 0 bridgehead atoms. The molecule has 0 unspecified atom stereocenters. The molecule has 0 aliphatic heterocycles. The molecular weight excluding hydrogens is 492 g/mol. The lowest BCUT2D eigenvalue weighted by atomic mass is 10.2. The highest BCUT2D eigenvalue weighted by molar-refractivity contribution is 7.92. The van der Waals surface area contributed by atoms with E-state index in [1.807, 2.05) is 0 Å². The third-order valence-electron chi connectivity index (χ3n) is 4.80. The predicted molar refractivity (Wildman–Crippen MR) is 135 cm³/mol. The van der Waals surface area contributed by atoms with Crippen LogP contribution in [0.5, 0.6) is 5.75 Å². The number of amides is 1. The summed E-state index contributed by atoms with van der Waals surface area (Å²) in [6.45, 7) is 3.38. The number of rotatable bonds is 10. The van der Waals surface area contributed by atoms with E-state index in [1.165, 1.54) is 30.3 Å². The van der Waals surface area contributed by atoms with Crippen LogP contribution in [0.15, 0.2) is 77.7 Å². The molecule has 0 aromatic heterocycles. The first-order chi connectivity index (χ1) is 16.8. The Hall–Kier alpha value is -3.56. The molecule has 3 rings (SSSR count). The van der Waals surface area contributed by atoms with Gasteiger partial charge in [-0.05, 0) is 56.3 Å². The first kappa shape index (κ1) is 26.1. The van der Waals surface area contributed by atoms with Gasteiger partial charge in [0.25, 0.3) is 10.0 Å². The van der Waals surface area contributed by atoms with E-state index in [4.69, 9.17) is 21.1 Å². The van der Waals surface area contributed by atoms with Gasteiger partial charge in [0, 0.05) is 5.69 Å². The van der Waals surface area contributed by atoms with Crippen LogP contribution in [0.25, 0.3) is 0 Å². The van der Waals surface area contributed by atoms with Crippen molar-refractivity contribution in [3.8, 4) is 5.75 Å². The Balaban J connectivity index is 1.95. The van der Waals surface area contributed by atoms with Gasteiger partial charge in [0.1, 0.15) is 12.3 Å². The Bertz CT molecular complexity index is 1300. The number of sulfonamides is 1. The lowest BCUT2D eigenvalue weighted by molar-refractivity contribution is -0.114. The monoisotopic (exact) mass is 516 g/mol. The van der Waals surface area contributed by atoms with Crippen LogP contribution in [0.2, 0.25) is 5.02 Å². The molecule has 0 heterocycles. The van der Waals surface area contributed by atoms with Crippen LogP contribution in [0.4, 0.5) is 11.4 Å². The molecule has 184 valence electrons. The second kappa shape index (κ2) is 11.7. The molecule has 0 atom stereocenters. The largest absolute Gasteiger partial charge is 0.492 e. The summed E-state index contributed by atoms with van der Waals surface area (Å²) < 4.78 is 38.7. The van der Waals surface area contributed by atoms with Crippen molar-refractivity contribution in [2.24, 2.45) is 0 Å². The van der Waals surface area contributed by atoms with E-state index >= 15 is 0 Å². The van der Waals surface area contributed by atoms with E-state index in [0.717, 1.165) is 4.31 Å². The minimum atomic E-state index is -4.12. The average molecular weight is 517 g/mol. The number of carbonyl (C=O) groups is 2. The summed E-state index contributed by atoms with van der Waals surface area (Å²) in [4.78, 5) is 25.2. The number of esters is 1. The van der Waals surface area contributed by atoms with Crippen LogP contribution in [0, 0.1) is 0 Å². The third kappa shape index (κ3) is 6.32. The maximum Gasteiger partial charge on any atom is 0.339 e. The molecule has 0 aliphatic rings. The predicted octanol–water partition coefficient (Wildman–Crippen LogP) is 4.75.